The number of nitrogens with zero attached hydrogens (tertiary/aromatic N) is 2. The molecule has 0 amide bonds. The number of aryl methyl sites for hydroxylation is 1. The number of halogens is 1. The molecule has 1 aliphatic rings. The number of nitrogens with two attached hydrogens (primary N) is 2. The lowest BCUT2D eigenvalue weighted by Crippen LogP contribution is -2.14. The van der Waals surface area contributed by atoms with Crippen LogP contribution in [-0.2, 0) is 0 Å². The largest absolute Gasteiger partial charge is 0.382 e. The molecule has 5 heteroatoms. The van der Waals surface area contributed by atoms with Crippen molar-refractivity contribution in [1.29, 1.82) is 0 Å². The van der Waals surface area contributed by atoms with E-state index in [1.165, 1.54) is 10.2 Å². The van der Waals surface area contributed by atoms with Gasteiger partial charge < -0.3 is 11.6 Å². The summed E-state index contributed by atoms with van der Waals surface area (Å²) in [5, 5.41) is 0. The van der Waals surface area contributed by atoms with Crippen LogP contribution in [-0.4, -0.2) is 9.66 Å². The number of imidazole rings is 1. The summed E-state index contributed by atoms with van der Waals surface area (Å²) < 4.78 is 2.52. The van der Waals surface area contributed by atoms with Gasteiger partial charge in [-0.15, -0.1) is 0 Å². The summed E-state index contributed by atoms with van der Waals surface area (Å²) in [6.07, 6.45) is 2.31. The van der Waals surface area contributed by atoms with Crippen LogP contribution in [0.25, 0.3) is 11.3 Å². The first-order valence-corrected chi connectivity index (χ1v) is 6.77. The molecule has 2 aromatic rings. The topological polar surface area (TPSA) is 69.9 Å². The first kappa shape index (κ1) is 11.6. The van der Waals surface area contributed by atoms with Gasteiger partial charge >= 0.3 is 0 Å². The quantitative estimate of drug-likeness (QED) is 0.838. The molecule has 3 rings (SSSR count). The van der Waals surface area contributed by atoms with Gasteiger partial charge in [-0.1, -0.05) is 28.1 Å². The van der Waals surface area contributed by atoms with Crippen LogP contribution in [0.2, 0.25) is 0 Å². The van der Waals surface area contributed by atoms with Crippen LogP contribution in [0.4, 0.5) is 5.82 Å². The van der Waals surface area contributed by atoms with Crippen molar-refractivity contribution in [1.82, 2.24) is 9.66 Å². The standard InChI is InChI=1S/C13H15BrN4/c1-7-2-5-9(10(14)6-7)11-12(15)18(16)13(17-11)8-3-4-8/h2,5-6,8H,3-4,15-16H2,1H3. The molecule has 0 spiro atoms. The van der Waals surface area contributed by atoms with E-state index in [9.17, 15) is 0 Å². The summed E-state index contributed by atoms with van der Waals surface area (Å²) in [6.45, 7) is 2.05. The first-order chi connectivity index (χ1) is 8.58. The van der Waals surface area contributed by atoms with Gasteiger partial charge in [0.2, 0.25) is 0 Å². The number of anilines is 1. The van der Waals surface area contributed by atoms with E-state index in [4.69, 9.17) is 11.6 Å². The molecule has 94 valence electrons. The van der Waals surface area contributed by atoms with E-state index in [2.05, 4.69) is 33.9 Å². The minimum absolute atomic E-state index is 0.482. The van der Waals surface area contributed by atoms with Crippen LogP contribution in [0, 0.1) is 6.92 Å². The monoisotopic (exact) mass is 306 g/mol. The Bertz CT molecular complexity index is 614. The molecule has 1 heterocycles. The average Bonchev–Trinajstić information content (AvgIpc) is 3.11. The summed E-state index contributed by atoms with van der Waals surface area (Å²) in [7, 11) is 0. The molecule has 1 aliphatic carbocycles. The first-order valence-electron chi connectivity index (χ1n) is 5.97. The highest BCUT2D eigenvalue weighted by atomic mass is 79.9. The molecule has 0 aliphatic heterocycles. The van der Waals surface area contributed by atoms with Crippen molar-refractivity contribution in [3.8, 4) is 11.3 Å². The normalized spacial score (nSPS) is 15.0. The van der Waals surface area contributed by atoms with Gasteiger partial charge in [0, 0.05) is 16.0 Å². The average molecular weight is 307 g/mol. The summed E-state index contributed by atoms with van der Waals surface area (Å²) in [5.41, 5.74) is 9.02. The molecule has 0 saturated heterocycles. The maximum absolute atomic E-state index is 6.06. The van der Waals surface area contributed by atoms with E-state index in [0.717, 1.165) is 34.4 Å². The van der Waals surface area contributed by atoms with Crippen LogP contribution in [0.3, 0.4) is 0 Å². The van der Waals surface area contributed by atoms with E-state index >= 15 is 0 Å². The van der Waals surface area contributed by atoms with Crippen LogP contribution in [0.15, 0.2) is 22.7 Å². The van der Waals surface area contributed by atoms with Gasteiger partial charge in [-0.05, 0) is 31.4 Å². The van der Waals surface area contributed by atoms with Crippen molar-refractivity contribution in [3.63, 3.8) is 0 Å². The number of benzene rings is 1. The summed E-state index contributed by atoms with van der Waals surface area (Å²) >= 11 is 3.56. The van der Waals surface area contributed by atoms with E-state index < -0.39 is 0 Å². The van der Waals surface area contributed by atoms with Crippen molar-refractivity contribution in [2.75, 3.05) is 11.6 Å². The van der Waals surface area contributed by atoms with Crippen molar-refractivity contribution < 1.29 is 0 Å². The van der Waals surface area contributed by atoms with Gasteiger partial charge in [-0.2, -0.15) is 0 Å². The zero-order valence-corrected chi connectivity index (χ0v) is 11.7. The third-order valence-electron chi connectivity index (χ3n) is 3.30. The van der Waals surface area contributed by atoms with Crippen LogP contribution < -0.4 is 11.6 Å². The van der Waals surface area contributed by atoms with Crippen LogP contribution in [0.5, 0.6) is 0 Å². The second-order valence-corrected chi connectivity index (χ2v) is 5.69. The van der Waals surface area contributed by atoms with Gasteiger partial charge in [0.05, 0.1) is 0 Å². The summed E-state index contributed by atoms with van der Waals surface area (Å²) in [4.78, 5) is 4.62. The Balaban J connectivity index is 2.13. The number of aromatic nitrogens is 2. The van der Waals surface area contributed by atoms with Crippen molar-refractivity contribution in [3.05, 3.63) is 34.1 Å². The molecule has 1 aromatic carbocycles. The highest BCUT2D eigenvalue weighted by Gasteiger charge is 2.30. The smallest absolute Gasteiger partial charge is 0.150 e. The fourth-order valence-electron chi connectivity index (χ4n) is 2.10. The van der Waals surface area contributed by atoms with E-state index in [0.29, 0.717) is 11.7 Å². The molecular weight excluding hydrogens is 292 g/mol. The van der Waals surface area contributed by atoms with Crippen LogP contribution >= 0.6 is 15.9 Å². The van der Waals surface area contributed by atoms with E-state index in [-0.39, 0.29) is 0 Å². The molecule has 1 aromatic heterocycles. The van der Waals surface area contributed by atoms with Gasteiger partial charge in [-0.25, -0.2) is 9.66 Å². The molecule has 4 nitrogen and oxygen atoms in total. The van der Waals surface area contributed by atoms with E-state index in [1.54, 1.807) is 0 Å². The molecule has 0 unspecified atom stereocenters. The number of hydrogen-bond donors (Lipinski definition) is 2. The van der Waals surface area contributed by atoms with Crippen molar-refractivity contribution in [2.45, 2.75) is 25.7 Å². The zero-order chi connectivity index (χ0) is 12.9. The highest BCUT2D eigenvalue weighted by Crippen LogP contribution is 2.42. The van der Waals surface area contributed by atoms with Crippen molar-refractivity contribution in [2.24, 2.45) is 0 Å². The minimum atomic E-state index is 0.482. The predicted octanol–water partition coefficient (Wildman–Crippen LogP) is 2.79. The second kappa shape index (κ2) is 4.02. The molecule has 0 radical (unpaired) electrons. The lowest BCUT2D eigenvalue weighted by Gasteiger charge is -2.04. The van der Waals surface area contributed by atoms with Gasteiger partial charge in [-0.3, -0.25) is 0 Å². The lowest BCUT2D eigenvalue weighted by atomic mass is 10.1. The van der Waals surface area contributed by atoms with E-state index in [1.807, 2.05) is 12.1 Å². The Labute approximate surface area is 114 Å². The number of nitrogen functional groups attached to an aromatic ring is 2. The minimum Gasteiger partial charge on any atom is -0.382 e. The molecule has 0 bridgehead atoms. The highest BCUT2D eigenvalue weighted by molar-refractivity contribution is 9.10. The molecule has 4 N–H and O–H groups in total. The number of hydrogen-bond acceptors (Lipinski definition) is 3. The molecule has 1 saturated carbocycles. The molecule has 0 atom stereocenters. The van der Waals surface area contributed by atoms with Crippen LogP contribution in [0.1, 0.15) is 30.1 Å². The van der Waals surface area contributed by atoms with Gasteiger partial charge in [0.15, 0.2) is 5.82 Å². The Morgan fingerprint density at radius 3 is 2.72 bits per heavy atom. The molecule has 18 heavy (non-hydrogen) atoms. The van der Waals surface area contributed by atoms with Gasteiger partial charge in [0.1, 0.15) is 11.5 Å². The summed E-state index contributed by atoms with van der Waals surface area (Å²) in [6, 6.07) is 6.13. The lowest BCUT2D eigenvalue weighted by molar-refractivity contribution is 0.855. The van der Waals surface area contributed by atoms with Crippen molar-refractivity contribution >= 4 is 21.7 Å². The maximum atomic E-state index is 6.06. The fourth-order valence-corrected chi connectivity index (χ4v) is 2.78. The Hall–Kier alpha value is -1.49. The second-order valence-electron chi connectivity index (χ2n) is 4.83. The number of rotatable bonds is 2. The Morgan fingerprint density at radius 2 is 2.11 bits per heavy atom. The SMILES string of the molecule is Cc1ccc(-c2nc(C3CC3)n(N)c2N)c(Br)c1. The zero-order valence-electron chi connectivity index (χ0n) is 10.2. The molecule has 1 fully saturated rings. The third-order valence-corrected chi connectivity index (χ3v) is 3.95. The Morgan fingerprint density at radius 1 is 1.39 bits per heavy atom. The fraction of sp³-hybridized carbons (Fsp3) is 0.308. The third kappa shape index (κ3) is 1.79. The predicted molar refractivity (Wildman–Crippen MR) is 76.6 cm³/mol. The molecular formula is C13H15BrN4. The maximum Gasteiger partial charge on any atom is 0.150 e. The summed E-state index contributed by atoms with van der Waals surface area (Å²) in [5.74, 6) is 7.88. The Kier molecular flexibility index (Phi) is 2.59. The van der Waals surface area contributed by atoms with Gasteiger partial charge in [0.25, 0.3) is 0 Å².